The van der Waals surface area contributed by atoms with E-state index in [4.69, 9.17) is 14.2 Å². The Morgan fingerprint density at radius 1 is 1.14 bits per heavy atom. The Morgan fingerprint density at radius 2 is 1.89 bits per heavy atom. The lowest BCUT2D eigenvalue weighted by Crippen LogP contribution is -2.15. The summed E-state index contributed by atoms with van der Waals surface area (Å²) in [6, 6.07) is 5.11. The molecule has 28 heavy (non-hydrogen) atoms. The smallest absolute Gasteiger partial charge is 0.348 e. The molecule has 1 aromatic carbocycles. The van der Waals surface area contributed by atoms with E-state index in [0.29, 0.717) is 5.56 Å². The predicted octanol–water partition coefficient (Wildman–Crippen LogP) is 3.43. The van der Waals surface area contributed by atoms with E-state index in [1.807, 2.05) is 0 Å². The highest BCUT2D eigenvalue weighted by Gasteiger charge is 2.27. The number of ether oxygens (including phenoxy) is 3. The van der Waals surface area contributed by atoms with Crippen molar-refractivity contribution in [3.05, 3.63) is 51.7 Å². The van der Waals surface area contributed by atoms with Crippen LogP contribution in [0.2, 0.25) is 0 Å². The minimum Gasteiger partial charge on any atom is -0.462 e. The number of rotatable bonds is 8. The van der Waals surface area contributed by atoms with Crippen LogP contribution in [0.25, 0.3) is 0 Å². The first-order valence-electron chi connectivity index (χ1n) is 8.42. The van der Waals surface area contributed by atoms with Crippen LogP contribution in [-0.2, 0) is 14.2 Å². The Hall–Kier alpha value is -2.78. The van der Waals surface area contributed by atoms with Crippen LogP contribution in [0.3, 0.4) is 0 Å². The molecular formula is C19H20FNO6S. The second-order valence-electron chi connectivity index (χ2n) is 5.57. The third-order valence-corrected chi connectivity index (χ3v) is 4.83. The van der Waals surface area contributed by atoms with Crippen molar-refractivity contribution < 1.29 is 33.0 Å². The van der Waals surface area contributed by atoms with Gasteiger partial charge in [-0.05, 0) is 37.6 Å². The topological polar surface area (TPSA) is 90.9 Å². The van der Waals surface area contributed by atoms with Gasteiger partial charge >= 0.3 is 11.9 Å². The molecule has 0 atom stereocenters. The molecule has 0 aliphatic carbocycles. The summed E-state index contributed by atoms with van der Waals surface area (Å²) in [6.45, 7) is 3.60. The predicted molar refractivity (Wildman–Crippen MR) is 102 cm³/mol. The Balaban J connectivity index is 2.35. The number of hydrogen-bond acceptors (Lipinski definition) is 7. The summed E-state index contributed by atoms with van der Waals surface area (Å²) in [5.74, 6) is -2.51. The van der Waals surface area contributed by atoms with Gasteiger partial charge in [-0.3, -0.25) is 4.79 Å². The van der Waals surface area contributed by atoms with E-state index in [0.717, 1.165) is 17.4 Å². The number of esters is 2. The van der Waals surface area contributed by atoms with Crippen molar-refractivity contribution in [2.75, 3.05) is 32.2 Å². The molecule has 0 saturated carbocycles. The first kappa shape index (κ1) is 21.5. The van der Waals surface area contributed by atoms with Crippen LogP contribution in [0.15, 0.2) is 24.3 Å². The molecule has 1 amide bonds. The monoisotopic (exact) mass is 409 g/mol. The molecular weight excluding hydrogens is 389 g/mol. The summed E-state index contributed by atoms with van der Waals surface area (Å²) in [5, 5.41) is 2.68. The fourth-order valence-electron chi connectivity index (χ4n) is 2.33. The van der Waals surface area contributed by atoms with Gasteiger partial charge in [0.05, 0.1) is 18.8 Å². The van der Waals surface area contributed by atoms with Crippen molar-refractivity contribution >= 4 is 34.2 Å². The van der Waals surface area contributed by atoms with Gasteiger partial charge < -0.3 is 19.5 Å². The highest BCUT2D eigenvalue weighted by Crippen LogP contribution is 2.34. The Kier molecular flexibility index (Phi) is 7.65. The first-order chi connectivity index (χ1) is 13.4. The van der Waals surface area contributed by atoms with Crippen molar-refractivity contribution in [1.82, 2.24) is 0 Å². The zero-order valence-electron chi connectivity index (χ0n) is 15.7. The van der Waals surface area contributed by atoms with Gasteiger partial charge in [0, 0.05) is 12.7 Å². The number of methoxy groups -OCH3 is 1. The highest BCUT2D eigenvalue weighted by molar-refractivity contribution is 7.18. The van der Waals surface area contributed by atoms with Gasteiger partial charge in [-0.1, -0.05) is 6.07 Å². The third-order valence-electron chi connectivity index (χ3n) is 3.65. The van der Waals surface area contributed by atoms with Crippen molar-refractivity contribution in [3.8, 4) is 0 Å². The molecule has 1 aromatic heterocycles. The van der Waals surface area contributed by atoms with Crippen molar-refractivity contribution in [2.24, 2.45) is 0 Å². The molecule has 0 radical (unpaired) electrons. The van der Waals surface area contributed by atoms with E-state index in [9.17, 15) is 18.8 Å². The second kappa shape index (κ2) is 9.95. The maximum atomic E-state index is 13.4. The van der Waals surface area contributed by atoms with E-state index in [-0.39, 0.29) is 40.8 Å². The fraction of sp³-hybridized carbons (Fsp3) is 0.316. The number of carbonyl (C=O) groups is 3. The quantitative estimate of drug-likeness (QED) is 0.531. The minimum atomic E-state index is -0.679. The summed E-state index contributed by atoms with van der Waals surface area (Å²) < 4.78 is 28.3. The number of benzene rings is 1. The molecule has 0 spiro atoms. The van der Waals surface area contributed by atoms with Gasteiger partial charge in [0.25, 0.3) is 5.91 Å². The van der Waals surface area contributed by atoms with E-state index in [1.54, 1.807) is 13.8 Å². The van der Waals surface area contributed by atoms with Crippen LogP contribution in [0.1, 0.15) is 42.9 Å². The fourth-order valence-corrected chi connectivity index (χ4v) is 3.42. The van der Waals surface area contributed by atoms with E-state index >= 15 is 0 Å². The number of thiophene rings is 1. The van der Waals surface area contributed by atoms with Crippen LogP contribution >= 0.6 is 11.3 Å². The van der Waals surface area contributed by atoms with Crippen LogP contribution in [0, 0.1) is 12.7 Å². The van der Waals surface area contributed by atoms with Crippen molar-refractivity contribution in [2.45, 2.75) is 13.8 Å². The molecule has 0 aliphatic heterocycles. The van der Waals surface area contributed by atoms with Crippen molar-refractivity contribution in [1.29, 1.82) is 0 Å². The minimum absolute atomic E-state index is 0.0480. The maximum absolute atomic E-state index is 13.4. The zero-order valence-corrected chi connectivity index (χ0v) is 16.5. The average molecular weight is 409 g/mol. The number of amides is 1. The molecule has 0 bridgehead atoms. The Morgan fingerprint density at radius 3 is 2.54 bits per heavy atom. The standard InChI is InChI=1S/C19H20FNO6S/c1-4-26-18(23)14-11(2)15(19(24)27-9-8-25-3)28-17(14)21-16(22)12-6-5-7-13(20)10-12/h5-7,10H,4,8-9H2,1-3H3,(H,21,22). The molecule has 0 fully saturated rings. The average Bonchev–Trinajstić information content (AvgIpc) is 2.98. The number of nitrogens with one attached hydrogen (secondary N) is 1. The summed E-state index contributed by atoms with van der Waals surface area (Å²) in [4.78, 5) is 37.3. The first-order valence-corrected chi connectivity index (χ1v) is 9.24. The molecule has 0 aliphatic rings. The number of anilines is 1. The van der Waals surface area contributed by atoms with Gasteiger partial charge in [0.2, 0.25) is 0 Å². The lowest BCUT2D eigenvalue weighted by atomic mass is 10.1. The van der Waals surface area contributed by atoms with Gasteiger partial charge in [-0.25, -0.2) is 14.0 Å². The number of carbonyl (C=O) groups excluding carboxylic acids is 3. The molecule has 150 valence electrons. The summed E-state index contributed by atoms with van der Waals surface area (Å²) in [7, 11) is 1.48. The van der Waals surface area contributed by atoms with Crippen LogP contribution in [0.4, 0.5) is 9.39 Å². The molecule has 0 saturated heterocycles. The SMILES string of the molecule is CCOC(=O)c1c(NC(=O)c2cccc(F)c2)sc(C(=O)OCCOC)c1C. The Bertz CT molecular complexity index is 879. The maximum Gasteiger partial charge on any atom is 0.348 e. The third kappa shape index (κ3) is 5.14. The molecule has 1 N–H and O–H groups in total. The second-order valence-corrected chi connectivity index (χ2v) is 6.59. The van der Waals surface area contributed by atoms with E-state index in [1.165, 1.54) is 25.3 Å². The summed E-state index contributed by atoms with van der Waals surface area (Å²) in [5.41, 5.74) is 0.473. The molecule has 1 heterocycles. The largest absolute Gasteiger partial charge is 0.462 e. The molecule has 9 heteroatoms. The van der Waals surface area contributed by atoms with Crippen LogP contribution < -0.4 is 5.32 Å². The van der Waals surface area contributed by atoms with Gasteiger partial charge in [-0.2, -0.15) is 0 Å². The lowest BCUT2D eigenvalue weighted by molar-refractivity contribution is 0.0392. The Labute approximate surface area is 165 Å². The van der Waals surface area contributed by atoms with Gasteiger partial charge in [-0.15, -0.1) is 11.3 Å². The van der Waals surface area contributed by atoms with Crippen molar-refractivity contribution in [3.63, 3.8) is 0 Å². The molecule has 7 nitrogen and oxygen atoms in total. The molecule has 2 rings (SSSR count). The normalized spacial score (nSPS) is 10.4. The highest BCUT2D eigenvalue weighted by atomic mass is 32.1. The lowest BCUT2D eigenvalue weighted by Gasteiger charge is -2.07. The zero-order chi connectivity index (χ0) is 20.7. The van der Waals surface area contributed by atoms with Crippen LogP contribution in [0.5, 0.6) is 0 Å². The number of hydrogen-bond donors (Lipinski definition) is 1. The summed E-state index contributed by atoms with van der Waals surface area (Å²) in [6.07, 6.45) is 0. The van der Waals surface area contributed by atoms with Gasteiger partial charge in [0.1, 0.15) is 22.3 Å². The van der Waals surface area contributed by atoms with E-state index < -0.39 is 23.7 Å². The number of halogens is 1. The van der Waals surface area contributed by atoms with E-state index in [2.05, 4.69) is 5.32 Å². The molecule has 2 aromatic rings. The van der Waals surface area contributed by atoms with Crippen LogP contribution in [-0.4, -0.2) is 44.8 Å². The summed E-state index contributed by atoms with van der Waals surface area (Å²) >= 11 is 0.892. The molecule has 0 unspecified atom stereocenters. The van der Waals surface area contributed by atoms with Gasteiger partial charge in [0.15, 0.2) is 0 Å².